The van der Waals surface area contributed by atoms with E-state index in [4.69, 9.17) is 10.2 Å². The van der Waals surface area contributed by atoms with E-state index in [0.717, 1.165) is 6.07 Å². The van der Waals surface area contributed by atoms with Crippen molar-refractivity contribution in [1.82, 2.24) is 0 Å². The lowest BCUT2D eigenvalue weighted by Crippen LogP contribution is -2.07. The number of aromatic carboxylic acids is 1. The van der Waals surface area contributed by atoms with Gasteiger partial charge in [0, 0.05) is 12.8 Å². The first-order chi connectivity index (χ1) is 7.04. The van der Waals surface area contributed by atoms with Crippen molar-refractivity contribution in [2.24, 2.45) is 0 Å². The minimum atomic E-state index is -1.13. The summed E-state index contributed by atoms with van der Waals surface area (Å²) < 4.78 is 0. The highest BCUT2D eigenvalue weighted by Crippen LogP contribution is 2.17. The van der Waals surface area contributed by atoms with Crippen molar-refractivity contribution in [2.45, 2.75) is 19.8 Å². The monoisotopic (exact) mass is 208 g/mol. The number of phenolic OH excluding ortho intramolecular Hbond substituents is 1. The van der Waals surface area contributed by atoms with Crippen LogP contribution in [0.3, 0.4) is 0 Å². The number of hydrogen-bond acceptors (Lipinski definition) is 3. The highest BCUT2D eigenvalue weighted by atomic mass is 16.4. The number of aromatic hydroxyl groups is 1. The molecule has 80 valence electrons. The summed E-state index contributed by atoms with van der Waals surface area (Å²) in [4.78, 5) is 22.0. The van der Waals surface area contributed by atoms with Crippen molar-refractivity contribution in [3.63, 3.8) is 0 Å². The Bertz CT molecular complexity index is 396. The van der Waals surface area contributed by atoms with Gasteiger partial charge in [0.1, 0.15) is 11.5 Å². The Hall–Kier alpha value is -1.84. The molecular weight excluding hydrogens is 196 g/mol. The van der Waals surface area contributed by atoms with Gasteiger partial charge in [-0.1, -0.05) is 13.0 Å². The molecule has 0 amide bonds. The van der Waals surface area contributed by atoms with Crippen molar-refractivity contribution in [1.29, 1.82) is 0 Å². The molecule has 15 heavy (non-hydrogen) atoms. The average Bonchev–Trinajstić information content (AvgIpc) is 2.20. The lowest BCUT2D eigenvalue weighted by molar-refractivity contribution is -0.118. The lowest BCUT2D eigenvalue weighted by atomic mass is 10.0. The van der Waals surface area contributed by atoms with Crippen LogP contribution in [0.15, 0.2) is 18.2 Å². The average molecular weight is 208 g/mol. The van der Waals surface area contributed by atoms with Gasteiger partial charge in [0.25, 0.3) is 0 Å². The zero-order chi connectivity index (χ0) is 11.4. The molecule has 0 aliphatic rings. The third kappa shape index (κ3) is 2.80. The van der Waals surface area contributed by atoms with Crippen LogP contribution in [0.2, 0.25) is 0 Å². The summed E-state index contributed by atoms with van der Waals surface area (Å²) in [5, 5.41) is 18.0. The number of carboxylic acids is 1. The number of rotatable bonds is 4. The summed E-state index contributed by atoms with van der Waals surface area (Å²) in [7, 11) is 0. The molecule has 0 saturated heterocycles. The second-order valence-corrected chi connectivity index (χ2v) is 3.22. The molecule has 4 heteroatoms. The van der Waals surface area contributed by atoms with Crippen LogP contribution >= 0.6 is 0 Å². The summed E-state index contributed by atoms with van der Waals surface area (Å²) in [6.07, 6.45) is 0.471. The number of phenols is 1. The Morgan fingerprint density at radius 2 is 2.00 bits per heavy atom. The van der Waals surface area contributed by atoms with Gasteiger partial charge in [0.05, 0.1) is 5.56 Å². The van der Waals surface area contributed by atoms with Gasteiger partial charge in [-0.3, -0.25) is 4.79 Å². The molecular formula is C11H12O4. The van der Waals surface area contributed by atoms with Gasteiger partial charge in [-0.2, -0.15) is 0 Å². The Kier molecular flexibility index (Phi) is 3.44. The zero-order valence-corrected chi connectivity index (χ0v) is 8.36. The first-order valence-electron chi connectivity index (χ1n) is 4.61. The molecule has 1 aromatic carbocycles. The maximum atomic E-state index is 11.2. The molecule has 1 rings (SSSR count). The van der Waals surface area contributed by atoms with Crippen LogP contribution in [0.5, 0.6) is 5.75 Å². The minimum absolute atomic E-state index is 0.0169. The molecule has 0 atom stereocenters. The van der Waals surface area contributed by atoms with Crippen molar-refractivity contribution in [3.05, 3.63) is 29.3 Å². The van der Waals surface area contributed by atoms with Crippen molar-refractivity contribution in [2.75, 3.05) is 0 Å². The molecule has 0 saturated carbocycles. The van der Waals surface area contributed by atoms with E-state index >= 15 is 0 Å². The number of carbonyl (C=O) groups excluding carboxylic acids is 1. The van der Waals surface area contributed by atoms with Crippen LogP contribution < -0.4 is 0 Å². The van der Waals surface area contributed by atoms with Gasteiger partial charge in [0.2, 0.25) is 0 Å². The molecule has 0 unspecified atom stereocenters. The van der Waals surface area contributed by atoms with Gasteiger partial charge >= 0.3 is 5.97 Å². The molecule has 1 aromatic rings. The fourth-order valence-electron chi connectivity index (χ4n) is 1.26. The predicted octanol–water partition coefficient (Wildman–Crippen LogP) is 1.61. The fraction of sp³-hybridized carbons (Fsp3) is 0.273. The molecule has 0 heterocycles. The van der Waals surface area contributed by atoms with E-state index in [2.05, 4.69) is 0 Å². The van der Waals surface area contributed by atoms with Gasteiger partial charge in [-0.25, -0.2) is 4.79 Å². The number of carbonyl (C=O) groups is 2. The lowest BCUT2D eigenvalue weighted by Gasteiger charge is -2.04. The topological polar surface area (TPSA) is 74.6 Å². The Labute approximate surface area is 87.2 Å². The third-order valence-electron chi connectivity index (χ3n) is 2.11. The smallest absolute Gasteiger partial charge is 0.336 e. The normalized spacial score (nSPS) is 9.93. The summed E-state index contributed by atoms with van der Waals surface area (Å²) >= 11 is 0. The van der Waals surface area contributed by atoms with Gasteiger partial charge < -0.3 is 10.2 Å². The van der Waals surface area contributed by atoms with Crippen LogP contribution in [0.4, 0.5) is 0 Å². The maximum absolute atomic E-state index is 11.2. The number of Topliss-reactive ketones (excluding diaryl/α,β-unsaturated/α-hetero) is 1. The van der Waals surface area contributed by atoms with Crippen LogP contribution in [-0.4, -0.2) is 22.0 Å². The Morgan fingerprint density at radius 1 is 1.33 bits per heavy atom. The first-order valence-corrected chi connectivity index (χ1v) is 4.61. The SMILES string of the molecule is CCC(=O)Cc1ccc(O)cc1C(=O)O. The zero-order valence-electron chi connectivity index (χ0n) is 8.36. The second kappa shape index (κ2) is 4.59. The number of carboxylic acid groups (broad SMARTS) is 1. The molecule has 0 spiro atoms. The number of benzene rings is 1. The molecule has 0 bridgehead atoms. The number of hydrogen-bond donors (Lipinski definition) is 2. The standard InChI is InChI=1S/C11H12O4/c1-2-8(12)5-7-3-4-9(13)6-10(7)11(14)15/h3-4,6,13H,2,5H2,1H3,(H,14,15). The summed E-state index contributed by atoms with van der Waals surface area (Å²) in [6, 6.07) is 4.00. The van der Waals surface area contributed by atoms with E-state index < -0.39 is 5.97 Å². The molecule has 0 radical (unpaired) electrons. The molecule has 0 fully saturated rings. The molecule has 2 N–H and O–H groups in total. The minimum Gasteiger partial charge on any atom is -0.508 e. The van der Waals surface area contributed by atoms with E-state index in [1.54, 1.807) is 6.92 Å². The highest BCUT2D eigenvalue weighted by molar-refractivity contribution is 5.92. The van der Waals surface area contributed by atoms with Gasteiger partial charge in [-0.05, 0) is 17.7 Å². The van der Waals surface area contributed by atoms with Crippen LogP contribution in [0.25, 0.3) is 0 Å². The largest absolute Gasteiger partial charge is 0.508 e. The van der Waals surface area contributed by atoms with Crippen LogP contribution in [0, 0.1) is 0 Å². The summed E-state index contributed by atoms with van der Waals surface area (Å²) in [6.45, 7) is 1.73. The van der Waals surface area contributed by atoms with Crippen LogP contribution in [0.1, 0.15) is 29.3 Å². The van der Waals surface area contributed by atoms with E-state index in [0.29, 0.717) is 12.0 Å². The van der Waals surface area contributed by atoms with E-state index in [1.165, 1.54) is 12.1 Å². The Balaban J connectivity index is 3.06. The fourth-order valence-corrected chi connectivity index (χ4v) is 1.26. The molecule has 0 aromatic heterocycles. The van der Waals surface area contributed by atoms with Crippen LogP contribution in [-0.2, 0) is 11.2 Å². The van der Waals surface area contributed by atoms with Crippen molar-refractivity contribution in [3.8, 4) is 5.75 Å². The summed E-state index contributed by atoms with van der Waals surface area (Å²) in [5.41, 5.74) is 0.420. The van der Waals surface area contributed by atoms with Gasteiger partial charge in [-0.15, -0.1) is 0 Å². The molecule has 4 nitrogen and oxygen atoms in total. The quantitative estimate of drug-likeness (QED) is 0.788. The molecule has 0 aliphatic carbocycles. The first kappa shape index (κ1) is 11.2. The van der Waals surface area contributed by atoms with Crippen molar-refractivity contribution >= 4 is 11.8 Å². The second-order valence-electron chi connectivity index (χ2n) is 3.22. The van der Waals surface area contributed by atoms with E-state index in [1.807, 2.05) is 0 Å². The molecule has 0 aliphatic heterocycles. The Morgan fingerprint density at radius 3 is 2.53 bits per heavy atom. The highest BCUT2D eigenvalue weighted by Gasteiger charge is 2.12. The third-order valence-corrected chi connectivity index (χ3v) is 2.11. The van der Waals surface area contributed by atoms with Crippen molar-refractivity contribution < 1.29 is 19.8 Å². The van der Waals surface area contributed by atoms with Gasteiger partial charge in [0.15, 0.2) is 0 Å². The van der Waals surface area contributed by atoms with E-state index in [9.17, 15) is 9.59 Å². The predicted molar refractivity (Wildman–Crippen MR) is 54.1 cm³/mol. The number of ketones is 1. The maximum Gasteiger partial charge on any atom is 0.336 e. The van der Waals surface area contributed by atoms with E-state index in [-0.39, 0.29) is 23.5 Å². The summed E-state index contributed by atoms with van der Waals surface area (Å²) in [5.74, 6) is -1.27.